The highest BCUT2D eigenvalue weighted by Crippen LogP contribution is 2.34. The maximum Gasteiger partial charge on any atom is 0.277 e. The molecule has 0 fully saturated rings. The van der Waals surface area contributed by atoms with Crippen molar-refractivity contribution >= 4 is 54.8 Å². The van der Waals surface area contributed by atoms with Gasteiger partial charge < -0.3 is 4.74 Å². The Morgan fingerprint density at radius 2 is 1.96 bits per heavy atom. The summed E-state index contributed by atoms with van der Waals surface area (Å²) >= 11 is 7.00. The number of amides is 1. The number of fused-ring (bicyclic) bond motifs is 1. The predicted octanol–water partition coefficient (Wildman–Crippen LogP) is 5.20. The molecule has 0 unspecified atom stereocenters. The maximum absolute atomic E-state index is 11.9. The molecule has 6 heteroatoms. The Labute approximate surface area is 168 Å². The normalized spacial score (nSPS) is 11.0. The van der Waals surface area contributed by atoms with Gasteiger partial charge in [-0.2, -0.15) is 5.10 Å². The lowest BCUT2D eigenvalue weighted by Crippen LogP contribution is -2.24. The van der Waals surface area contributed by atoms with E-state index in [1.165, 1.54) is 0 Å². The number of halogens is 2. The molecule has 0 saturated carbocycles. The Balaban J connectivity index is 1.61. The molecule has 0 bridgehead atoms. The summed E-state index contributed by atoms with van der Waals surface area (Å²) in [5, 5.41) is 6.07. The largest absolute Gasteiger partial charge is 0.483 e. The Morgan fingerprint density at radius 1 is 1.15 bits per heavy atom. The smallest absolute Gasteiger partial charge is 0.277 e. The van der Waals surface area contributed by atoms with Gasteiger partial charge in [0, 0.05) is 4.47 Å². The number of hydrogen-bond donors (Lipinski definition) is 1. The second-order valence-electron chi connectivity index (χ2n) is 5.68. The monoisotopic (exact) mass is 474 g/mol. The van der Waals surface area contributed by atoms with Gasteiger partial charge in [-0.1, -0.05) is 52.3 Å². The highest BCUT2D eigenvalue weighted by atomic mass is 79.9. The second-order valence-corrected chi connectivity index (χ2v) is 7.39. The number of carbonyl (C=O) groups is 1. The first kappa shape index (κ1) is 18.6. The first-order valence-electron chi connectivity index (χ1n) is 7.92. The van der Waals surface area contributed by atoms with Crippen LogP contribution >= 0.6 is 31.9 Å². The highest BCUT2D eigenvalue weighted by Gasteiger charge is 2.09. The molecule has 1 N–H and O–H groups in total. The van der Waals surface area contributed by atoms with Crippen molar-refractivity contribution in [3.8, 4) is 5.75 Å². The number of hydrogen-bond acceptors (Lipinski definition) is 3. The van der Waals surface area contributed by atoms with Crippen LogP contribution in [0.4, 0.5) is 0 Å². The molecule has 4 nitrogen and oxygen atoms in total. The van der Waals surface area contributed by atoms with E-state index in [1.54, 1.807) is 6.21 Å². The van der Waals surface area contributed by atoms with Crippen LogP contribution in [-0.4, -0.2) is 18.7 Å². The number of nitrogens with zero attached hydrogens (tertiary/aromatic N) is 1. The first-order chi connectivity index (χ1) is 12.5. The van der Waals surface area contributed by atoms with Crippen LogP contribution in [0.3, 0.4) is 0 Å². The molecule has 132 valence electrons. The summed E-state index contributed by atoms with van der Waals surface area (Å²) in [4.78, 5) is 11.9. The molecular formula is C20H16Br2N2O2. The lowest BCUT2D eigenvalue weighted by atomic mass is 10.1. The SMILES string of the molecule is Cc1ccccc1/C=N/NC(=O)COc1ccc2cc(Br)ccc2c1Br. The van der Waals surface area contributed by atoms with Crippen LogP contribution in [0.15, 0.2) is 68.6 Å². The zero-order valence-corrected chi connectivity index (χ0v) is 17.2. The number of ether oxygens (including phenoxy) is 1. The quantitative estimate of drug-likeness (QED) is 0.407. The van der Waals surface area contributed by atoms with Crippen LogP contribution in [0.2, 0.25) is 0 Å². The van der Waals surface area contributed by atoms with E-state index in [0.717, 1.165) is 30.8 Å². The molecule has 0 aliphatic rings. The van der Waals surface area contributed by atoms with Gasteiger partial charge in [0.25, 0.3) is 5.91 Å². The van der Waals surface area contributed by atoms with Crippen molar-refractivity contribution in [3.63, 3.8) is 0 Å². The van der Waals surface area contributed by atoms with Crippen LogP contribution in [0.1, 0.15) is 11.1 Å². The molecule has 1 amide bonds. The third kappa shape index (κ3) is 4.51. The summed E-state index contributed by atoms with van der Waals surface area (Å²) in [6.07, 6.45) is 1.62. The molecule has 0 aromatic heterocycles. The molecule has 3 aromatic carbocycles. The summed E-state index contributed by atoms with van der Waals surface area (Å²) < 4.78 is 7.45. The van der Waals surface area contributed by atoms with Gasteiger partial charge in [-0.3, -0.25) is 4.79 Å². The second kappa shape index (κ2) is 8.47. The third-order valence-electron chi connectivity index (χ3n) is 3.82. The van der Waals surface area contributed by atoms with E-state index in [1.807, 2.05) is 61.5 Å². The number of benzene rings is 3. The van der Waals surface area contributed by atoms with Crippen LogP contribution in [0.25, 0.3) is 10.8 Å². The molecule has 3 rings (SSSR count). The van der Waals surface area contributed by atoms with Gasteiger partial charge in [0.05, 0.1) is 10.7 Å². The van der Waals surface area contributed by atoms with E-state index >= 15 is 0 Å². The van der Waals surface area contributed by atoms with Crippen molar-refractivity contribution in [2.75, 3.05) is 6.61 Å². The number of hydrazone groups is 1. The fourth-order valence-electron chi connectivity index (χ4n) is 2.44. The van der Waals surface area contributed by atoms with Crippen molar-refractivity contribution in [3.05, 3.63) is 74.7 Å². The van der Waals surface area contributed by atoms with Crippen LogP contribution in [-0.2, 0) is 4.79 Å². The van der Waals surface area contributed by atoms with E-state index < -0.39 is 0 Å². The molecular weight excluding hydrogens is 460 g/mol. The predicted molar refractivity (Wildman–Crippen MR) is 112 cm³/mol. The zero-order valence-electron chi connectivity index (χ0n) is 14.0. The molecule has 0 atom stereocenters. The molecule has 0 saturated heterocycles. The minimum atomic E-state index is -0.322. The van der Waals surface area contributed by atoms with Gasteiger partial charge in [0.2, 0.25) is 0 Å². The standard InChI is InChI=1S/C20H16Br2N2O2/c1-13-4-2-3-5-15(13)11-23-24-19(25)12-26-18-9-6-14-10-16(21)7-8-17(14)20(18)22/h2-11H,12H2,1H3,(H,24,25)/b23-11+. The Bertz CT molecular complexity index is 987. The molecule has 0 radical (unpaired) electrons. The van der Waals surface area contributed by atoms with Gasteiger partial charge in [-0.15, -0.1) is 0 Å². The molecule has 0 spiro atoms. The average molecular weight is 476 g/mol. The summed E-state index contributed by atoms with van der Waals surface area (Å²) in [7, 11) is 0. The fourth-order valence-corrected chi connectivity index (χ4v) is 3.42. The van der Waals surface area contributed by atoms with Gasteiger partial charge in [0.1, 0.15) is 5.75 Å². The zero-order chi connectivity index (χ0) is 18.5. The van der Waals surface area contributed by atoms with Crippen LogP contribution in [0, 0.1) is 6.92 Å². The lowest BCUT2D eigenvalue weighted by molar-refractivity contribution is -0.123. The molecule has 3 aromatic rings. The van der Waals surface area contributed by atoms with E-state index in [9.17, 15) is 4.79 Å². The van der Waals surface area contributed by atoms with Crippen molar-refractivity contribution < 1.29 is 9.53 Å². The van der Waals surface area contributed by atoms with Crippen molar-refractivity contribution in [2.45, 2.75) is 6.92 Å². The van der Waals surface area contributed by atoms with E-state index in [0.29, 0.717) is 5.75 Å². The van der Waals surface area contributed by atoms with E-state index in [-0.39, 0.29) is 12.5 Å². The third-order valence-corrected chi connectivity index (χ3v) is 5.13. The van der Waals surface area contributed by atoms with Crippen molar-refractivity contribution in [2.24, 2.45) is 5.10 Å². The minimum Gasteiger partial charge on any atom is -0.483 e. The summed E-state index contributed by atoms with van der Waals surface area (Å²) in [6.45, 7) is 1.87. The highest BCUT2D eigenvalue weighted by molar-refractivity contribution is 9.11. The number of carbonyl (C=O) groups excluding carboxylic acids is 1. The van der Waals surface area contributed by atoms with Gasteiger partial charge in [-0.05, 0) is 63.0 Å². The topological polar surface area (TPSA) is 50.7 Å². The van der Waals surface area contributed by atoms with Crippen LogP contribution in [0.5, 0.6) is 5.75 Å². The van der Waals surface area contributed by atoms with Crippen molar-refractivity contribution in [1.82, 2.24) is 5.43 Å². The Hall–Kier alpha value is -2.18. The lowest BCUT2D eigenvalue weighted by Gasteiger charge is -2.10. The van der Waals surface area contributed by atoms with Gasteiger partial charge in [0.15, 0.2) is 6.61 Å². The summed E-state index contributed by atoms with van der Waals surface area (Å²) in [5.74, 6) is 0.287. The van der Waals surface area contributed by atoms with E-state index in [4.69, 9.17) is 4.74 Å². The maximum atomic E-state index is 11.9. The molecule has 0 heterocycles. The summed E-state index contributed by atoms with van der Waals surface area (Å²) in [5.41, 5.74) is 4.52. The fraction of sp³-hybridized carbons (Fsp3) is 0.100. The Morgan fingerprint density at radius 3 is 2.77 bits per heavy atom. The molecule has 0 aliphatic heterocycles. The van der Waals surface area contributed by atoms with E-state index in [2.05, 4.69) is 42.4 Å². The van der Waals surface area contributed by atoms with Gasteiger partial charge >= 0.3 is 0 Å². The minimum absolute atomic E-state index is 0.119. The van der Waals surface area contributed by atoms with Crippen LogP contribution < -0.4 is 10.2 Å². The molecule has 26 heavy (non-hydrogen) atoms. The summed E-state index contributed by atoms with van der Waals surface area (Å²) in [6, 6.07) is 17.6. The first-order valence-corrected chi connectivity index (χ1v) is 9.51. The number of rotatable bonds is 5. The number of aryl methyl sites for hydroxylation is 1. The molecule has 0 aliphatic carbocycles. The van der Waals surface area contributed by atoms with Gasteiger partial charge in [-0.25, -0.2) is 5.43 Å². The average Bonchev–Trinajstić information content (AvgIpc) is 2.62. The Kier molecular flexibility index (Phi) is 6.06. The number of nitrogens with one attached hydrogen (secondary N) is 1. The van der Waals surface area contributed by atoms with Crippen molar-refractivity contribution in [1.29, 1.82) is 0 Å².